The van der Waals surface area contributed by atoms with Crippen molar-refractivity contribution < 1.29 is 0 Å². The molecule has 0 amide bonds. The number of nitrogens with zero attached hydrogens (tertiary/aromatic N) is 1. The minimum absolute atomic E-state index is 1.19. The summed E-state index contributed by atoms with van der Waals surface area (Å²) in [6.45, 7) is 4.08. The van der Waals surface area contributed by atoms with Gasteiger partial charge in [-0.1, -0.05) is 12.8 Å². The average molecular weight is 127 g/mol. The molecule has 0 aromatic carbocycles. The second kappa shape index (κ2) is 1.86. The summed E-state index contributed by atoms with van der Waals surface area (Å²) in [5.41, 5.74) is 2.45. The molecule has 0 unspecified atom stereocenters. The van der Waals surface area contributed by atoms with Crippen molar-refractivity contribution in [2.24, 2.45) is 0 Å². The van der Waals surface area contributed by atoms with E-state index in [1.807, 2.05) is 17.1 Å². The van der Waals surface area contributed by atoms with Crippen molar-refractivity contribution in [1.29, 1.82) is 0 Å². The van der Waals surface area contributed by atoms with Gasteiger partial charge in [0.2, 0.25) is 0 Å². The van der Waals surface area contributed by atoms with E-state index in [1.54, 1.807) is 0 Å². The van der Waals surface area contributed by atoms with E-state index in [2.05, 4.69) is 25.8 Å². The molecule has 1 nitrogen and oxygen atoms in total. The highest BCUT2D eigenvalue weighted by molar-refractivity contribution is 7.78. The Hall–Kier alpha value is -0.370. The lowest BCUT2D eigenvalue weighted by atomic mass is 10.4. The monoisotopic (exact) mass is 127 g/mol. The Kier molecular flexibility index (Phi) is 1.34. The summed E-state index contributed by atoms with van der Waals surface area (Å²) < 4.78 is 1.81. The number of hydrogen-bond acceptors (Lipinski definition) is 1. The predicted molar refractivity (Wildman–Crippen MR) is 38.3 cm³/mol. The van der Waals surface area contributed by atoms with Crippen molar-refractivity contribution in [2.75, 3.05) is 0 Å². The number of aromatic nitrogens is 1. The fourth-order valence-corrected chi connectivity index (χ4v) is 0.967. The van der Waals surface area contributed by atoms with Gasteiger partial charge in [-0.15, -0.1) is 0 Å². The molecule has 0 aliphatic heterocycles. The number of rotatable bonds is 0. The van der Waals surface area contributed by atoms with E-state index in [-0.39, 0.29) is 0 Å². The lowest BCUT2D eigenvalue weighted by Gasteiger charge is -1.87. The second-order valence-corrected chi connectivity index (χ2v) is 2.43. The second-order valence-electron chi connectivity index (χ2n) is 2.00. The molecule has 1 aromatic heterocycles. The Morgan fingerprint density at radius 3 is 2.25 bits per heavy atom. The molecule has 0 fully saturated rings. The molecule has 0 bridgehead atoms. The highest BCUT2D eigenvalue weighted by Gasteiger charge is 1.90. The summed E-state index contributed by atoms with van der Waals surface area (Å²) in [4.78, 5) is 0. The molecule has 8 heavy (non-hydrogen) atoms. The third kappa shape index (κ3) is 0.892. The van der Waals surface area contributed by atoms with Crippen LogP contribution < -0.4 is 0 Å². The zero-order valence-corrected chi connectivity index (χ0v) is 5.94. The van der Waals surface area contributed by atoms with Crippen LogP contribution in [0.3, 0.4) is 0 Å². The lowest BCUT2D eigenvalue weighted by molar-refractivity contribution is 1.19. The van der Waals surface area contributed by atoms with E-state index < -0.39 is 0 Å². The molecule has 0 radical (unpaired) electrons. The van der Waals surface area contributed by atoms with E-state index in [9.17, 15) is 0 Å². The maximum absolute atomic E-state index is 4.14. The number of thiol groups is 1. The Morgan fingerprint density at radius 2 is 2.12 bits per heavy atom. The molecular weight excluding hydrogens is 118 g/mol. The van der Waals surface area contributed by atoms with Gasteiger partial charge in [-0.3, -0.25) is 3.97 Å². The van der Waals surface area contributed by atoms with Gasteiger partial charge in [0, 0.05) is 11.9 Å². The van der Waals surface area contributed by atoms with E-state index >= 15 is 0 Å². The first-order chi connectivity index (χ1) is 3.70. The SMILES string of the molecule is Cc1cc(C)n(S)c1. The third-order valence-electron chi connectivity index (χ3n) is 1.12. The molecule has 0 N–H and O–H groups in total. The van der Waals surface area contributed by atoms with Crippen molar-refractivity contribution in [3.8, 4) is 0 Å². The van der Waals surface area contributed by atoms with Crippen molar-refractivity contribution in [3.05, 3.63) is 23.5 Å². The van der Waals surface area contributed by atoms with Crippen LogP contribution in [0.5, 0.6) is 0 Å². The van der Waals surface area contributed by atoms with Gasteiger partial charge in [-0.2, -0.15) is 0 Å². The molecule has 0 atom stereocenters. The summed E-state index contributed by atoms with van der Waals surface area (Å²) in [5.74, 6) is 0. The molecule has 0 aliphatic carbocycles. The van der Waals surface area contributed by atoms with Gasteiger partial charge < -0.3 is 0 Å². The van der Waals surface area contributed by atoms with Crippen LogP contribution in [0, 0.1) is 13.8 Å². The fourth-order valence-electron chi connectivity index (χ4n) is 0.728. The van der Waals surface area contributed by atoms with Crippen LogP contribution in [0.4, 0.5) is 0 Å². The van der Waals surface area contributed by atoms with Crippen LogP contribution in [-0.2, 0) is 0 Å². The molecule has 0 saturated carbocycles. The van der Waals surface area contributed by atoms with Gasteiger partial charge >= 0.3 is 0 Å². The first-order valence-electron chi connectivity index (χ1n) is 2.55. The minimum atomic E-state index is 1.19. The smallest absolute Gasteiger partial charge is 0.0262 e. The molecule has 1 heterocycles. The Labute approximate surface area is 54.9 Å². The van der Waals surface area contributed by atoms with Crippen LogP contribution in [0.15, 0.2) is 12.3 Å². The Balaban J connectivity index is 3.14. The van der Waals surface area contributed by atoms with Gasteiger partial charge in [0.05, 0.1) is 0 Å². The first kappa shape index (κ1) is 5.76. The van der Waals surface area contributed by atoms with E-state index in [0.29, 0.717) is 0 Å². The van der Waals surface area contributed by atoms with E-state index in [0.717, 1.165) is 0 Å². The van der Waals surface area contributed by atoms with E-state index in [4.69, 9.17) is 0 Å². The summed E-state index contributed by atoms with van der Waals surface area (Å²) in [5, 5.41) is 0. The predicted octanol–water partition coefficient (Wildman–Crippen LogP) is 1.80. The standard InChI is InChI=1S/C6H9NS/c1-5-3-6(2)7(8)4-5/h3-4,8H,1-2H3. The molecule has 0 spiro atoms. The van der Waals surface area contributed by atoms with Crippen LogP contribution in [-0.4, -0.2) is 3.97 Å². The van der Waals surface area contributed by atoms with Crippen LogP contribution in [0.1, 0.15) is 11.3 Å². The van der Waals surface area contributed by atoms with Gasteiger partial charge in [0.15, 0.2) is 0 Å². The van der Waals surface area contributed by atoms with Crippen LogP contribution in [0.2, 0.25) is 0 Å². The summed E-state index contributed by atoms with van der Waals surface area (Å²) in [6, 6.07) is 2.09. The number of hydrogen-bond donors (Lipinski definition) is 1. The molecule has 1 rings (SSSR count). The first-order valence-corrected chi connectivity index (χ1v) is 2.95. The zero-order chi connectivity index (χ0) is 6.15. The van der Waals surface area contributed by atoms with Crippen molar-refractivity contribution in [1.82, 2.24) is 3.97 Å². The fraction of sp³-hybridized carbons (Fsp3) is 0.333. The highest BCUT2D eigenvalue weighted by atomic mass is 32.1. The summed E-state index contributed by atoms with van der Waals surface area (Å²) in [6.07, 6.45) is 1.98. The molecule has 44 valence electrons. The Morgan fingerprint density at radius 1 is 1.50 bits per heavy atom. The topological polar surface area (TPSA) is 4.93 Å². The van der Waals surface area contributed by atoms with Gasteiger partial charge in [0.1, 0.15) is 0 Å². The Bertz CT molecular complexity index is 171. The molecule has 0 aliphatic rings. The lowest BCUT2D eigenvalue weighted by Crippen LogP contribution is -1.76. The summed E-state index contributed by atoms with van der Waals surface area (Å²) >= 11 is 4.14. The summed E-state index contributed by atoms with van der Waals surface area (Å²) in [7, 11) is 0. The van der Waals surface area contributed by atoms with Gasteiger partial charge in [-0.05, 0) is 25.5 Å². The van der Waals surface area contributed by atoms with Crippen molar-refractivity contribution in [3.63, 3.8) is 0 Å². The minimum Gasteiger partial charge on any atom is -0.299 e. The molecular formula is C6H9NS. The number of aryl methyl sites for hydroxylation is 2. The van der Waals surface area contributed by atoms with Crippen LogP contribution >= 0.6 is 12.8 Å². The molecule has 2 heteroatoms. The third-order valence-corrected chi connectivity index (χ3v) is 1.55. The van der Waals surface area contributed by atoms with Crippen LogP contribution in [0.25, 0.3) is 0 Å². The average Bonchev–Trinajstić information content (AvgIpc) is 1.85. The zero-order valence-electron chi connectivity index (χ0n) is 5.05. The van der Waals surface area contributed by atoms with Crippen molar-refractivity contribution in [2.45, 2.75) is 13.8 Å². The van der Waals surface area contributed by atoms with Crippen molar-refractivity contribution >= 4 is 12.8 Å². The van der Waals surface area contributed by atoms with E-state index in [1.165, 1.54) is 11.3 Å². The highest BCUT2D eigenvalue weighted by Crippen LogP contribution is 2.05. The molecule has 1 aromatic rings. The van der Waals surface area contributed by atoms with Gasteiger partial charge in [0.25, 0.3) is 0 Å². The maximum Gasteiger partial charge on any atom is 0.0262 e. The van der Waals surface area contributed by atoms with Gasteiger partial charge in [-0.25, -0.2) is 0 Å². The maximum atomic E-state index is 4.14. The largest absolute Gasteiger partial charge is 0.299 e. The molecule has 0 saturated heterocycles. The normalized spacial score (nSPS) is 9.88. The quantitative estimate of drug-likeness (QED) is 0.507.